The Bertz CT molecular complexity index is 606. The van der Waals surface area contributed by atoms with Crippen LogP contribution in [0, 0.1) is 10.1 Å². The van der Waals surface area contributed by atoms with Crippen molar-refractivity contribution < 1.29 is 18.1 Å². The molecule has 0 saturated carbocycles. The van der Waals surface area contributed by atoms with Crippen LogP contribution in [-0.4, -0.2) is 25.4 Å². The van der Waals surface area contributed by atoms with Crippen molar-refractivity contribution in [3.8, 4) is 0 Å². The van der Waals surface area contributed by atoms with E-state index in [1.54, 1.807) is 6.92 Å². The van der Waals surface area contributed by atoms with E-state index >= 15 is 0 Å². The highest BCUT2D eigenvalue weighted by atomic mass is 32.2. The maximum Gasteiger partial charge on any atom is 0.274 e. The Morgan fingerprint density at radius 1 is 1.39 bits per heavy atom. The minimum atomic E-state index is -3.51. The lowest BCUT2D eigenvalue weighted by Gasteiger charge is -2.09. The Balaban J connectivity index is 3.48. The molecule has 0 aromatic heterocycles. The Hall–Kier alpha value is -1.76. The molecule has 0 radical (unpaired) electrons. The number of carbonyl (C=O) groups excluding carboxylic acids is 1. The summed E-state index contributed by atoms with van der Waals surface area (Å²) in [5.74, 6) is -0.857. The molecule has 0 N–H and O–H groups in total. The molecule has 0 fully saturated rings. The molecule has 1 aromatic rings. The predicted octanol–water partition coefficient (Wildman–Crippen LogP) is 1.69. The number of benzene rings is 1. The average molecular weight is 271 g/mol. The van der Waals surface area contributed by atoms with Gasteiger partial charge in [-0.2, -0.15) is 0 Å². The average Bonchev–Trinajstić information content (AvgIpc) is 2.25. The fraction of sp³-hybridized carbons (Fsp3) is 0.364. The number of nitro benzene ring substituents is 1. The van der Waals surface area contributed by atoms with Gasteiger partial charge in [-0.05, 0) is 13.0 Å². The van der Waals surface area contributed by atoms with Crippen molar-refractivity contribution >= 4 is 21.3 Å². The van der Waals surface area contributed by atoms with Gasteiger partial charge in [-0.3, -0.25) is 14.9 Å². The number of nitrogens with zero attached hydrogens (tertiary/aromatic N) is 1. The summed E-state index contributed by atoms with van der Waals surface area (Å²) in [6.45, 7) is 2.88. The van der Waals surface area contributed by atoms with Crippen LogP contribution >= 0.6 is 0 Å². The van der Waals surface area contributed by atoms with Crippen LogP contribution in [0.3, 0.4) is 0 Å². The Labute approximate surface area is 105 Å². The highest BCUT2D eigenvalue weighted by Crippen LogP contribution is 2.29. The van der Waals surface area contributed by atoms with Crippen LogP contribution < -0.4 is 0 Å². The van der Waals surface area contributed by atoms with Crippen molar-refractivity contribution in [2.75, 3.05) is 6.26 Å². The first-order valence-corrected chi connectivity index (χ1v) is 7.02. The van der Waals surface area contributed by atoms with Crippen LogP contribution in [0.25, 0.3) is 0 Å². The molecule has 0 saturated heterocycles. The van der Waals surface area contributed by atoms with Crippen molar-refractivity contribution in [2.45, 2.75) is 24.7 Å². The molecular formula is C11H13NO5S. The highest BCUT2D eigenvalue weighted by Gasteiger charge is 2.24. The number of Topliss-reactive ketones (excluding diaryl/α,β-unsaturated/α-hetero) is 1. The number of hydrogen-bond donors (Lipinski definition) is 0. The molecule has 18 heavy (non-hydrogen) atoms. The van der Waals surface area contributed by atoms with Crippen LogP contribution in [-0.2, 0) is 14.6 Å². The Kier molecular flexibility index (Phi) is 3.85. The van der Waals surface area contributed by atoms with Crippen molar-refractivity contribution in [1.29, 1.82) is 0 Å². The fourth-order valence-electron chi connectivity index (χ4n) is 1.50. The zero-order valence-corrected chi connectivity index (χ0v) is 11.0. The lowest BCUT2D eigenvalue weighted by molar-refractivity contribution is -0.385. The van der Waals surface area contributed by atoms with Gasteiger partial charge in [0.1, 0.15) is 5.78 Å². The zero-order valence-electron chi connectivity index (χ0n) is 10.2. The first-order chi connectivity index (χ1) is 8.14. The SMILES string of the molecule is CC(=O)C(C)c1ccc(S(C)(=O)=O)cc1[N+](=O)[O-]. The van der Waals surface area contributed by atoms with Crippen LogP contribution in [0.15, 0.2) is 23.1 Å². The number of ketones is 1. The van der Waals surface area contributed by atoms with Gasteiger partial charge in [-0.25, -0.2) is 8.42 Å². The standard InChI is InChI=1S/C11H13NO5S/c1-7(8(2)13)10-5-4-9(18(3,16)17)6-11(10)12(14)15/h4-7H,1-3H3. The second-order valence-corrected chi connectivity index (χ2v) is 6.10. The Morgan fingerprint density at radius 3 is 2.33 bits per heavy atom. The molecule has 1 rings (SSSR count). The third-order valence-electron chi connectivity index (χ3n) is 2.70. The van der Waals surface area contributed by atoms with E-state index in [-0.39, 0.29) is 21.9 Å². The van der Waals surface area contributed by atoms with E-state index in [0.717, 1.165) is 12.3 Å². The van der Waals surface area contributed by atoms with Gasteiger partial charge in [0.05, 0.1) is 9.82 Å². The molecule has 0 aliphatic rings. The Morgan fingerprint density at radius 2 is 1.94 bits per heavy atom. The monoisotopic (exact) mass is 271 g/mol. The third kappa shape index (κ3) is 2.92. The number of rotatable bonds is 4. The number of nitro groups is 1. The van der Waals surface area contributed by atoms with Gasteiger partial charge in [0.25, 0.3) is 5.69 Å². The molecule has 98 valence electrons. The highest BCUT2D eigenvalue weighted by molar-refractivity contribution is 7.90. The largest absolute Gasteiger partial charge is 0.299 e. The van der Waals surface area contributed by atoms with Gasteiger partial charge in [0.2, 0.25) is 0 Å². The number of hydrogen-bond acceptors (Lipinski definition) is 5. The van der Waals surface area contributed by atoms with Crippen LogP contribution in [0.1, 0.15) is 25.3 Å². The summed E-state index contributed by atoms with van der Waals surface area (Å²) in [4.78, 5) is 21.4. The van der Waals surface area contributed by atoms with Gasteiger partial charge in [0.15, 0.2) is 9.84 Å². The molecule has 0 heterocycles. The van der Waals surface area contributed by atoms with E-state index in [2.05, 4.69) is 0 Å². The molecule has 1 atom stereocenters. The third-order valence-corrected chi connectivity index (χ3v) is 3.81. The summed E-state index contributed by atoms with van der Waals surface area (Å²) in [6, 6.07) is 3.59. The lowest BCUT2D eigenvalue weighted by atomic mass is 9.96. The summed E-state index contributed by atoms with van der Waals surface area (Å²) in [5.41, 5.74) is -0.125. The van der Waals surface area contributed by atoms with Crippen molar-refractivity contribution in [3.63, 3.8) is 0 Å². The molecule has 0 bridgehead atoms. The molecule has 0 aliphatic heterocycles. The van der Waals surface area contributed by atoms with E-state index < -0.39 is 20.7 Å². The second kappa shape index (κ2) is 4.85. The van der Waals surface area contributed by atoms with Gasteiger partial charge in [-0.15, -0.1) is 0 Å². The van der Waals surface area contributed by atoms with Gasteiger partial charge < -0.3 is 0 Å². The van der Waals surface area contributed by atoms with Crippen molar-refractivity contribution in [3.05, 3.63) is 33.9 Å². The fourth-order valence-corrected chi connectivity index (χ4v) is 2.14. The first kappa shape index (κ1) is 14.3. The molecule has 0 spiro atoms. The number of carbonyl (C=O) groups is 1. The maximum atomic E-state index is 11.3. The summed E-state index contributed by atoms with van der Waals surface area (Å²) < 4.78 is 22.7. The molecule has 0 aliphatic carbocycles. The molecule has 1 unspecified atom stereocenters. The van der Waals surface area contributed by atoms with Crippen LogP contribution in [0.4, 0.5) is 5.69 Å². The van der Waals surface area contributed by atoms with E-state index in [4.69, 9.17) is 0 Å². The second-order valence-electron chi connectivity index (χ2n) is 4.08. The smallest absolute Gasteiger partial charge is 0.274 e. The molecule has 6 nitrogen and oxygen atoms in total. The lowest BCUT2D eigenvalue weighted by Crippen LogP contribution is -2.08. The van der Waals surface area contributed by atoms with Crippen LogP contribution in [0.5, 0.6) is 0 Å². The molecular weight excluding hydrogens is 258 g/mol. The van der Waals surface area contributed by atoms with Crippen molar-refractivity contribution in [2.24, 2.45) is 0 Å². The maximum absolute atomic E-state index is 11.3. The summed E-state index contributed by atoms with van der Waals surface area (Å²) in [5, 5.41) is 10.9. The normalized spacial score (nSPS) is 13.1. The topological polar surface area (TPSA) is 94.3 Å². The summed E-state index contributed by atoms with van der Waals surface area (Å²) >= 11 is 0. The zero-order chi connectivity index (χ0) is 14.1. The summed E-state index contributed by atoms with van der Waals surface area (Å²) in [6.07, 6.45) is 0.972. The van der Waals surface area contributed by atoms with Gasteiger partial charge in [0, 0.05) is 23.8 Å². The van der Waals surface area contributed by atoms with Gasteiger partial charge >= 0.3 is 0 Å². The number of sulfone groups is 1. The van der Waals surface area contributed by atoms with E-state index in [1.165, 1.54) is 19.1 Å². The predicted molar refractivity (Wildman–Crippen MR) is 65.3 cm³/mol. The van der Waals surface area contributed by atoms with E-state index in [0.29, 0.717) is 0 Å². The molecule has 1 aromatic carbocycles. The van der Waals surface area contributed by atoms with Gasteiger partial charge in [-0.1, -0.05) is 13.0 Å². The van der Waals surface area contributed by atoms with E-state index in [9.17, 15) is 23.3 Å². The van der Waals surface area contributed by atoms with Crippen LogP contribution in [0.2, 0.25) is 0 Å². The summed E-state index contributed by atoms with van der Waals surface area (Å²) in [7, 11) is -3.51. The first-order valence-electron chi connectivity index (χ1n) is 5.13. The minimum absolute atomic E-state index is 0.131. The molecule has 7 heteroatoms. The quantitative estimate of drug-likeness (QED) is 0.613. The molecule has 0 amide bonds. The minimum Gasteiger partial charge on any atom is -0.299 e. The van der Waals surface area contributed by atoms with Crippen molar-refractivity contribution in [1.82, 2.24) is 0 Å². The van der Waals surface area contributed by atoms with E-state index in [1.807, 2.05) is 0 Å².